The van der Waals surface area contributed by atoms with Gasteiger partial charge in [-0.1, -0.05) is 0 Å². The highest BCUT2D eigenvalue weighted by Gasteiger charge is 2.11. The minimum absolute atomic E-state index is 0. The van der Waals surface area contributed by atoms with E-state index in [-0.39, 0.29) is 24.9 Å². The number of anilines is 1. The van der Waals surface area contributed by atoms with Crippen LogP contribution in [0.3, 0.4) is 0 Å². The van der Waals surface area contributed by atoms with E-state index in [0.29, 0.717) is 24.6 Å². The molecule has 0 aliphatic carbocycles. The van der Waals surface area contributed by atoms with Crippen molar-refractivity contribution in [2.75, 3.05) is 46.3 Å². The van der Waals surface area contributed by atoms with Crippen LogP contribution in [0.25, 0.3) is 0 Å². The number of hydrogen-bond donors (Lipinski definition) is 3. The molecule has 8 heteroatoms. The third-order valence-corrected chi connectivity index (χ3v) is 2.79. The van der Waals surface area contributed by atoms with Gasteiger partial charge >= 0.3 is 0 Å². The van der Waals surface area contributed by atoms with E-state index in [1.54, 1.807) is 20.3 Å². The summed E-state index contributed by atoms with van der Waals surface area (Å²) in [6.45, 7) is 1.21. The summed E-state index contributed by atoms with van der Waals surface area (Å²) >= 11 is 0. The maximum Gasteiger partial charge on any atom is 0.239 e. The predicted molar refractivity (Wildman–Crippen MR) is 88.1 cm³/mol. The maximum atomic E-state index is 11.6. The number of carbonyl (C=O) groups is 1. The molecular weight excluding hydrogens is 310 g/mol. The normalized spacial score (nSPS) is 11.1. The number of halogens is 1. The van der Waals surface area contributed by atoms with Crippen LogP contribution < -0.4 is 25.8 Å². The number of hydrogen-bond acceptors (Lipinski definition) is 6. The number of rotatable bonds is 9. The molecule has 0 saturated heterocycles. The van der Waals surface area contributed by atoms with Gasteiger partial charge in [-0.2, -0.15) is 0 Å². The molecule has 22 heavy (non-hydrogen) atoms. The molecule has 0 fully saturated rings. The summed E-state index contributed by atoms with van der Waals surface area (Å²) in [7, 11) is 4.69. The van der Waals surface area contributed by atoms with Crippen LogP contribution in [0.1, 0.15) is 0 Å². The molecule has 0 saturated carbocycles. The van der Waals surface area contributed by atoms with Crippen molar-refractivity contribution in [3.8, 4) is 11.5 Å². The third-order valence-electron chi connectivity index (χ3n) is 2.79. The molecule has 1 atom stereocenters. The van der Waals surface area contributed by atoms with Crippen molar-refractivity contribution in [1.29, 1.82) is 0 Å². The lowest BCUT2D eigenvalue weighted by molar-refractivity contribution is -0.123. The minimum Gasteiger partial charge on any atom is -0.497 e. The van der Waals surface area contributed by atoms with E-state index in [1.807, 2.05) is 12.1 Å². The number of amides is 1. The van der Waals surface area contributed by atoms with Gasteiger partial charge in [0.25, 0.3) is 0 Å². The Bertz CT molecular complexity index is 437. The van der Waals surface area contributed by atoms with Gasteiger partial charge in [0.15, 0.2) is 0 Å². The van der Waals surface area contributed by atoms with E-state index >= 15 is 0 Å². The molecule has 7 nitrogen and oxygen atoms in total. The average Bonchev–Trinajstić information content (AvgIpc) is 2.51. The quantitative estimate of drug-likeness (QED) is 0.574. The molecule has 0 bridgehead atoms. The topological polar surface area (TPSA) is 94.8 Å². The zero-order valence-electron chi connectivity index (χ0n) is 13.0. The lowest BCUT2D eigenvalue weighted by Crippen LogP contribution is -2.44. The van der Waals surface area contributed by atoms with Gasteiger partial charge < -0.3 is 30.6 Å². The van der Waals surface area contributed by atoms with Gasteiger partial charge in [-0.25, -0.2) is 0 Å². The number of nitrogens with two attached hydrogens (primary N) is 1. The second-order valence-electron chi connectivity index (χ2n) is 4.38. The molecule has 0 aliphatic rings. The lowest BCUT2D eigenvalue weighted by atomic mass is 10.2. The molecule has 1 aromatic rings. The summed E-state index contributed by atoms with van der Waals surface area (Å²) in [5.41, 5.74) is 6.46. The molecule has 0 spiro atoms. The van der Waals surface area contributed by atoms with Crippen molar-refractivity contribution in [2.45, 2.75) is 6.04 Å². The van der Waals surface area contributed by atoms with Gasteiger partial charge in [0.2, 0.25) is 5.91 Å². The van der Waals surface area contributed by atoms with Crippen molar-refractivity contribution in [1.82, 2.24) is 5.32 Å². The van der Waals surface area contributed by atoms with Gasteiger partial charge in [0, 0.05) is 44.1 Å². The van der Waals surface area contributed by atoms with Crippen molar-refractivity contribution in [3.05, 3.63) is 18.2 Å². The number of benzene rings is 1. The average molecular weight is 334 g/mol. The molecule has 1 aromatic carbocycles. The van der Waals surface area contributed by atoms with Crippen LogP contribution in [0.15, 0.2) is 18.2 Å². The van der Waals surface area contributed by atoms with Crippen LogP contribution in [0.5, 0.6) is 11.5 Å². The second-order valence-corrected chi connectivity index (χ2v) is 4.38. The Morgan fingerprint density at radius 3 is 2.23 bits per heavy atom. The van der Waals surface area contributed by atoms with Crippen molar-refractivity contribution >= 4 is 24.0 Å². The van der Waals surface area contributed by atoms with Crippen LogP contribution in [0, 0.1) is 0 Å². The SMILES string of the molecule is COCC(N)C(=O)NCCNc1cc(OC)cc(OC)c1.Cl. The number of nitrogens with one attached hydrogen (secondary N) is 2. The largest absolute Gasteiger partial charge is 0.497 e. The fraction of sp³-hybridized carbons (Fsp3) is 0.500. The van der Waals surface area contributed by atoms with Crippen LogP contribution in [0.4, 0.5) is 5.69 Å². The Hall–Kier alpha value is -1.70. The number of methoxy groups -OCH3 is 3. The summed E-state index contributed by atoms with van der Waals surface area (Å²) in [5.74, 6) is 1.16. The third kappa shape index (κ3) is 6.84. The zero-order chi connectivity index (χ0) is 15.7. The van der Waals surface area contributed by atoms with Crippen LogP contribution in [0.2, 0.25) is 0 Å². The zero-order valence-corrected chi connectivity index (χ0v) is 13.9. The fourth-order valence-corrected chi connectivity index (χ4v) is 1.69. The summed E-state index contributed by atoms with van der Waals surface area (Å²) in [5, 5.41) is 5.90. The first-order chi connectivity index (χ1) is 10.1. The molecular formula is C14H24ClN3O4. The molecule has 1 unspecified atom stereocenters. The van der Waals surface area contributed by atoms with E-state index in [2.05, 4.69) is 10.6 Å². The highest BCUT2D eigenvalue weighted by molar-refractivity contribution is 5.85. The Labute approximate surface area is 136 Å². The molecule has 4 N–H and O–H groups in total. The van der Waals surface area contributed by atoms with E-state index in [9.17, 15) is 4.79 Å². The molecule has 126 valence electrons. The van der Waals surface area contributed by atoms with Crippen molar-refractivity contribution in [3.63, 3.8) is 0 Å². The number of ether oxygens (including phenoxy) is 3. The molecule has 0 aliphatic heterocycles. The van der Waals surface area contributed by atoms with Crippen LogP contribution >= 0.6 is 12.4 Å². The van der Waals surface area contributed by atoms with Crippen LogP contribution in [-0.4, -0.2) is 53.0 Å². The monoisotopic (exact) mass is 333 g/mol. The highest BCUT2D eigenvalue weighted by atomic mass is 35.5. The van der Waals surface area contributed by atoms with Gasteiger partial charge in [0.1, 0.15) is 17.5 Å². The minimum atomic E-state index is -0.646. The summed E-state index contributed by atoms with van der Waals surface area (Å²) in [6.07, 6.45) is 0. The van der Waals surface area contributed by atoms with E-state index in [1.165, 1.54) is 7.11 Å². The maximum absolute atomic E-state index is 11.6. The number of carbonyl (C=O) groups excluding carboxylic acids is 1. The summed E-state index contributed by atoms with van der Waals surface area (Å²) in [6, 6.07) is 4.84. The highest BCUT2D eigenvalue weighted by Crippen LogP contribution is 2.25. The standard InChI is InChI=1S/C14H23N3O4.ClH/c1-19-9-13(15)14(18)17-5-4-16-10-6-11(20-2)8-12(7-10)21-3;/h6-8,13,16H,4-5,9,15H2,1-3H3,(H,17,18);1H. The first kappa shape index (κ1) is 20.3. The van der Waals surface area contributed by atoms with Crippen molar-refractivity contribution in [2.24, 2.45) is 5.73 Å². The smallest absolute Gasteiger partial charge is 0.239 e. The Balaban J connectivity index is 0.00000441. The lowest BCUT2D eigenvalue weighted by Gasteiger charge is -2.13. The van der Waals surface area contributed by atoms with Gasteiger partial charge in [0.05, 0.1) is 20.8 Å². The molecule has 1 rings (SSSR count). The van der Waals surface area contributed by atoms with E-state index < -0.39 is 6.04 Å². The molecule has 0 radical (unpaired) electrons. The Kier molecular flexibility index (Phi) is 10.1. The molecule has 0 heterocycles. The van der Waals surface area contributed by atoms with Crippen LogP contribution in [-0.2, 0) is 9.53 Å². The van der Waals surface area contributed by atoms with E-state index in [4.69, 9.17) is 19.9 Å². The van der Waals surface area contributed by atoms with Crippen molar-refractivity contribution < 1.29 is 19.0 Å². The Morgan fingerprint density at radius 2 is 1.73 bits per heavy atom. The predicted octanol–water partition coefficient (Wildman–Crippen LogP) is 0.627. The fourth-order valence-electron chi connectivity index (χ4n) is 1.69. The summed E-state index contributed by atoms with van der Waals surface area (Å²) < 4.78 is 15.2. The molecule has 0 aromatic heterocycles. The first-order valence-corrected chi connectivity index (χ1v) is 6.60. The molecule has 1 amide bonds. The first-order valence-electron chi connectivity index (χ1n) is 6.60. The van der Waals surface area contributed by atoms with E-state index in [0.717, 1.165) is 5.69 Å². The van der Waals surface area contributed by atoms with Gasteiger partial charge in [-0.05, 0) is 0 Å². The van der Waals surface area contributed by atoms with Gasteiger partial charge in [-0.3, -0.25) is 4.79 Å². The van der Waals surface area contributed by atoms with Gasteiger partial charge in [-0.15, -0.1) is 12.4 Å². The Morgan fingerprint density at radius 1 is 1.14 bits per heavy atom. The second kappa shape index (κ2) is 10.9. The summed E-state index contributed by atoms with van der Waals surface area (Å²) in [4.78, 5) is 11.6.